The first-order valence-corrected chi connectivity index (χ1v) is 9.14. The van der Waals surface area contributed by atoms with Crippen LogP contribution in [0.3, 0.4) is 0 Å². The van der Waals surface area contributed by atoms with E-state index in [1.807, 2.05) is 44.0 Å². The molecule has 0 bridgehead atoms. The molecule has 1 aliphatic heterocycles. The monoisotopic (exact) mass is 345 g/mol. The van der Waals surface area contributed by atoms with Gasteiger partial charge in [-0.3, -0.25) is 4.79 Å². The number of hydrogen-bond acceptors (Lipinski definition) is 6. The van der Waals surface area contributed by atoms with E-state index < -0.39 is 0 Å². The maximum absolute atomic E-state index is 12.8. The van der Waals surface area contributed by atoms with Gasteiger partial charge in [-0.25, -0.2) is 4.98 Å². The molecule has 0 spiro atoms. The van der Waals surface area contributed by atoms with E-state index in [0.717, 1.165) is 49.6 Å². The smallest absolute Gasteiger partial charge is 0.267 e. The zero-order valence-electron chi connectivity index (χ0n) is 14.4. The van der Waals surface area contributed by atoms with Gasteiger partial charge in [0.15, 0.2) is 0 Å². The maximum atomic E-state index is 12.8. The van der Waals surface area contributed by atoms with Crippen LogP contribution in [-0.2, 0) is 6.42 Å². The van der Waals surface area contributed by atoms with Gasteiger partial charge in [-0.2, -0.15) is 0 Å². The van der Waals surface area contributed by atoms with Crippen LogP contribution in [0.5, 0.6) is 0 Å². The van der Waals surface area contributed by atoms with Crippen molar-refractivity contribution in [1.82, 2.24) is 19.5 Å². The van der Waals surface area contributed by atoms with Gasteiger partial charge in [-0.05, 0) is 49.9 Å². The molecule has 1 aliphatic rings. The molecule has 6 nitrogen and oxygen atoms in total. The molecule has 1 amide bonds. The summed E-state index contributed by atoms with van der Waals surface area (Å²) in [6.45, 7) is 5.80. The Morgan fingerprint density at radius 3 is 3.04 bits per heavy atom. The molecule has 1 atom stereocenters. The Balaban J connectivity index is 1.73. The summed E-state index contributed by atoms with van der Waals surface area (Å²) in [5, 5.41) is 4.06. The summed E-state index contributed by atoms with van der Waals surface area (Å²) in [6, 6.07) is 6.26. The quantitative estimate of drug-likeness (QED) is 0.852. The van der Waals surface area contributed by atoms with Crippen LogP contribution in [-0.4, -0.2) is 51.6 Å². The zero-order chi connectivity index (χ0) is 17.1. The molecule has 2 aromatic heterocycles. The minimum atomic E-state index is 0.0332. The number of carbonyl (C=O) groups is 1. The topological polar surface area (TPSA) is 62.2 Å². The Bertz CT molecular complexity index is 717. The number of carbonyl (C=O) groups excluding carboxylic acids is 1. The highest BCUT2D eigenvalue weighted by Gasteiger charge is 2.29. The normalized spacial score (nSPS) is 17.8. The largest absolute Gasteiger partial charge is 0.355 e. The second-order valence-electron chi connectivity index (χ2n) is 6.20. The fraction of sp³-hybridized carbons (Fsp3) is 0.529. The Hall–Kier alpha value is -2.02. The van der Waals surface area contributed by atoms with Gasteiger partial charge in [-0.1, -0.05) is 17.5 Å². The summed E-state index contributed by atoms with van der Waals surface area (Å²) in [6.07, 6.45) is 2.80. The van der Waals surface area contributed by atoms with Crippen LogP contribution in [0.15, 0.2) is 18.2 Å². The highest BCUT2D eigenvalue weighted by molar-refractivity contribution is 7.08. The molecule has 0 N–H and O–H groups in total. The summed E-state index contributed by atoms with van der Waals surface area (Å²) < 4.78 is 3.94. The summed E-state index contributed by atoms with van der Waals surface area (Å²) in [4.78, 5) is 22.2. The van der Waals surface area contributed by atoms with Crippen LogP contribution in [0.4, 0.5) is 5.82 Å². The lowest BCUT2D eigenvalue weighted by atomic mass is 10.0. The number of aryl methyl sites for hydroxylation is 2. The Kier molecular flexibility index (Phi) is 5.08. The molecule has 0 radical (unpaired) electrons. The minimum absolute atomic E-state index is 0.0332. The van der Waals surface area contributed by atoms with Crippen LogP contribution in [0.2, 0.25) is 0 Å². The SMILES string of the molecule is CCc1nnsc1C(=O)N(C)[C@@H]1CCCN(c2cccc(C)n2)C1. The third-order valence-electron chi connectivity index (χ3n) is 4.55. The van der Waals surface area contributed by atoms with Crippen LogP contribution < -0.4 is 4.90 Å². The van der Waals surface area contributed by atoms with Crippen molar-refractivity contribution in [2.24, 2.45) is 0 Å². The predicted octanol–water partition coefficient (Wildman–Crippen LogP) is 2.54. The Labute approximate surface area is 146 Å². The molecule has 0 aliphatic carbocycles. The highest BCUT2D eigenvalue weighted by atomic mass is 32.1. The molecule has 3 heterocycles. The molecular weight excluding hydrogens is 322 g/mol. The van der Waals surface area contributed by atoms with Gasteiger partial charge in [-0.15, -0.1) is 5.10 Å². The molecule has 3 rings (SSSR count). The van der Waals surface area contributed by atoms with Gasteiger partial charge in [0.2, 0.25) is 0 Å². The summed E-state index contributed by atoms with van der Waals surface area (Å²) in [7, 11) is 1.89. The van der Waals surface area contributed by atoms with Gasteiger partial charge in [0.25, 0.3) is 5.91 Å². The lowest BCUT2D eigenvalue weighted by Gasteiger charge is -2.38. The van der Waals surface area contributed by atoms with Crippen molar-refractivity contribution in [1.29, 1.82) is 0 Å². The molecule has 24 heavy (non-hydrogen) atoms. The molecule has 128 valence electrons. The van der Waals surface area contributed by atoms with Gasteiger partial charge >= 0.3 is 0 Å². The number of likely N-dealkylation sites (N-methyl/N-ethyl adjacent to an activating group) is 1. The summed E-state index contributed by atoms with van der Waals surface area (Å²) >= 11 is 1.20. The number of nitrogens with zero attached hydrogens (tertiary/aromatic N) is 5. The maximum Gasteiger partial charge on any atom is 0.267 e. The number of rotatable bonds is 4. The Morgan fingerprint density at radius 2 is 2.29 bits per heavy atom. The number of pyridine rings is 1. The summed E-state index contributed by atoms with van der Waals surface area (Å²) in [5.41, 5.74) is 1.81. The van der Waals surface area contributed by atoms with E-state index in [1.54, 1.807) is 0 Å². The lowest BCUT2D eigenvalue weighted by molar-refractivity contribution is 0.0721. The van der Waals surface area contributed by atoms with E-state index in [2.05, 4.69) is 19.5 Å². The van der Waals surface area contributed by atoms with Crippen molar-refractivity contribution in [3.63, 3.8) is 0 Å². The van der Waals surface area contributed by atoms with E-state index in [-0.39, 0.29) is 11.9 Å². The van der Waals surface area contributed by atoms with Crippen molar-refractivity contribution in [2.45, 2.75) is 39.2 Å². The van der Waals surface area contributed by atoms with Crippen LogP contribution in [0, 0.1) is 6.92 Å². The number of hydrogen-bond donors (Lipinski definition) is 0. The van der Waals surface area contributed by atoms with Crippen LogP contribution >= 0.6 is 11.5 Å². The first-order valence-electron chi connectivity index (χ1n) is 8.37. The first kappa shape index (κ1) is 16.8. The predicted molar refractivity (Wildman–Crippen MR) is 95.6 cm³/mol. The van der Waals surface area contributed by atoms with E-state index in [4.69, 9.17) is 0 Å². The van der Waals surface area contributed by atoms with Crippen molar-refractivity contribution in [2.75, 3.05) is 25.0 Å². The number of amides is 1. The van der Waals surface area contributed by atoms with Crippen molar-refractivity contribution in [3.05, 3.63) is 34.5 Å². The van der Waals surface area contributed by atoms with Gasteiger partial charge in [0.05, 0.1) is 5.69 Å². The van der Waals surface area contributed by atoms with E-state index in [0.29, 0.717) is 4.88 Å². The van der Waals surface area contributed by atoms with Crippen molar-refractivity contribution in [3.8, 4) is 0 Å². The van der Waals surface area contributed by atoms with Gasteiger partial charge in [0.1, 0.15) is 10.7 Å². The van der Waals surface area contributed by atoms with Gasteiger partial charge in [0, 0.05) is 31.9 Å². The third-order valence-corrected chi connectivity index (χ3v) is 5.30. The molecule has 1 fully saturated rings. The number of anilines is 1. The van der Waals surface area contributed by atoms with Crippen LogP contribution in [0.1, 0.15) is 40.8 Å². The summed E-state index contributed by atoms with van der Waals surface area (Å²) in [5.74, 6) is 1.03. The highest BCUT2D eigenvalue weighted by Crippen LogP contribution is 2.23. The average molecular weight is 345 g/mol. The number of piperidine rings is 1. The number of aromatic nitrogens is 3. The average Bonchev–Trinajstić information content (AvgIpc) is 3.09. The molecule has 7 heteroatoms. The van der Waals surface area contributed by atoms with E-state index in [1.165, 1.54) is 11.5 Å². The van der Waals surface area contributed by atoms with Gasteiger partial charge < -0.3 is 9.80 Å². The third kappa shape index (κ3) is 3.40. The fourth-order valence-electron chi connectivity index (χ4n) is 3.11. The fourth-order valence-corrected chi connectivity index (χ4v) is 3.85. The molecular formula is C17H23N5OS. The molecule has 0 saturated carbocycles. The lowest BCUT2D eigenvalue weighted by Crippen LogP contribution is -2.48. The van der Waals surface area contributed by atoms with Crippen molar-refractivity contribution >= 4 is 23.3 Å². The molecule has 0 aromatic carbocycles. The minimum Gasteiger partial charge on any atom is -0.355 e. The second-order valence-corrected chi connectivity index (χ2v) is 6.95. The standard InChI is InChI=1S/C17H23N5OS/c1-4-14-16(24-20-19-14)17(23)21(3)13-8-6-10-22(11-13)15-9-5-7-12(2)18-15/h5,7,9,13H,4,6,8,10-11H2,1-3H3/t13-/m1/s1. The first-order chi connectivity index (χ1) is 11.6. The van der Waals surface area contributed by atoms with E-state index in [9.17, 15) is 4.79 Å². The molecule has 1 saturated heterocycles. The van der Waals surface area contributed by atoms with Crippen LogP contribution in [0.25, 0.3) is 0 Å². The van der Waals surface area contributed by atoms with Crippen molar-refractivity contribution < 1.29 is 4.79 Å². The Morgan fingerprint density at radius 1 is 1.46 bits per heavy atom. The molecule has 0 unspecified atom stereocenters. The molecule has 2 aromatic rings. The van der Waals surface area contributed by atoms with E-state index >= 15 is 0 Å². The second kappa shape index (κ2) is 7.25. The zero-order valence-corrected chi connectivity index (χ0v) is 15.2.